The van der Waals surface area contributed by atoms with Gasteiger partial charge in [0.05, 0.1) is 0 Å². The van der Waals surface area contributed by atoms with Gasteiger partial charge in [0.2, 0.25) is 5.89 Å². The van der Waals surface area contributed by atoms with E-state index in [-0.39, 0.29) is 5.91 Å². The molecule has 1 aromatic heterocycles. The minimum atomic E-state index is -0.222. The second kappa shape index (κ2) is 7.48. The maximum atomic E-state index is 12.9. The fourth-order valence-corrected chi connectivity index (χ4v) is 3.85. The van der Waals surface area contributed by atoms with E-state index in [1.807, 2.05) is 42.5 Å². The van der Waals surface area contributed by atoms with Crippen LogP contribution < -0.4 is 5.32 Å². The lowest BCUT2D eigenvalue weighted by Gasteiger charge is -2.09. The van der Waals surface area contributed by atoms with Crippen LogP contribution in [-0.4, -0.2) is 10.9 Å². The van der Waals surface area contributed by atoms with Crippen LogP contribution in [0.15, 0.2) is 83.3 Å². The van der Waals surface area contributed by atoms with Crippen LogP contribution in [-0.2, 0) is 0 Å². The number of fused-ring (bicyclic) bond motifs is 2. The predicted octanol–water partition coefficient (Wildman–Crippen LogP) is 7.21. The van der Waals surface area contributed by atoms with Gasteiger partial charge in [-0.2, -0.15) is 0 Å². The maximum Gasteiger partial charge on any atom is 0.256 e. The monoisotopic (exact) mass is 432 g/mol. The van der Waals surface area contributed by atoms with E-state index in [1.165, 1.54) is 0 Å². The molecule has 146 valence electrons. The van der Waals surface area contributed by atoms with Crippen LogP contribution >= 0.6 is 23.2 Å². The van der Waals surface area contributed by atoms with E-state index in [1.54, 1.807) is 36.4 Å². The Hall–Kier alpha value is -3.34. The standard InChI is InChI=1S/C24H14Cl2N2O2/c25-15-5-1-4-14(12-15)24-28-21-13-16(10-11-22(21)30-24)27-23(29)19-8-2-7-18-17(19)6-3-9-20(18)26/h1-13H,(H,27,29). The van der Waals surface area contributed by atoms with Gasteiger partial charge < -0.3 is 9.73 Å². The second-order valence-electron chi connectivity index (χ2n) is 6.81. The Kier molecular flexibility index (Phi) is 4.66. The molecule has 0 saturated carbocycles. The summed E-state index contributed by atoms with van der Waals surface area (Å²) >= 11 is 12.3. The number of carbonyl (C=O) groups excluding carboxylic acids is 1. The lowest BCUT2D eigenvalue weighted by Crippen LogP contribution is -2.12. The molecule has 0 aliphatic carbocycles. The quantitative estimate of drug-likeness (QED) is 0.327. The Morgan fingerprint density at radius 2 is 1.67 bits per heavy atom. The first-order valence-electron chi connectivity index (χ1n) is 9.23. The summed E-state index contributed by atoms with van der Waals surface area (Å²) in [7, 11) is 0. The highest BCUT2D eigenvalue weighted by atomic mass is 35.5. The van der Waals surface area contributed by atoms with Gasteiger partial charge in [-0.25, -0.2) is 4.98 Å². The summed E-state index contributed by atoms with van der Waals surface area (Å²) in [5.41, 5.74) is 3.23. The number of oxazole rings is 1. The molecule has 1 amide bonds. The molecule has 0 aliphatic heterocycles. The number of carbonyl (C=O) groups is 1. The van der Waals surface area contributed by atoms with Crippen LogP contribution in [0.25, 0.3) is 33.3 Å². The van der Waals surface area contributed by atoms with Gasteiger partial charge in [0.15, 0.2) is 5.58 Å². The number of nitrogens with zero attached hydrogens (tertiary/aromatic N) is 1. The van der Waals surface area contributed by atoms with Gasteiger partial charge in [0.25, 0.3) is 5.91 Å². The average Bonchev–Trinajstić information content (AvgIpc) is 3.17. The van der Waals surface area contributed by atoms with Crippen molar-refractivity contribution in [2.24, 2.45) is 0 Å². The molecule has 0 unspecified atom stereocenters. The highest BCUT2D eigenvalue weighted by Gasteiger charge is 2.13. The summed E-state index contributed by atoms with van der Waals surface area (Å²) in [5.74, 6) is 0.250. The third kappa shape index (κ3) is 3.41. The lowest BCUT2D eigenvalue weighted by molar-refractivity contribution is 0.102. The second-order valence-corrected chi connectivity index (χ2v) is 7.65. The number of amides is 1. The number of rotatable bonds is 3. The number of hydrogen-bond acceptors (Lipinski definition) is 3. The molecule has 0 spiro atoms. The summed E-state index contributed by atoms with van der Waals surface area (Å²) in [6.45, 7) is 0. The van der Waals surface area contributed by atoms with Crippen molar-refractivity contribution < 1.29 is 9.21 Å². The highest BCUT2D eigenvalue weighted by molar-refractivity contribution is 6.36. The minimum Gasteiger partial charge on any atom is -0.436 e. The van der Waals surface area contributed by atoms with Gasteiger partial charge in [-0.3, -0.25) is 4.79 Å². The van der Waals surface area contributed by atoms with Crippen molar-refractivity contribution in [1.82, 2.24) is 4.98 Å². The largest absolute Gasteiger partial charge is 0.436 e. The van der Waals surface area contributed by atoms with Gasteiger partial charge in [0, 0.05) is 32.2 Å². The molecule has 0 radical (unpaired) electrons. The van der Waals surface area contributed by atoms with E-state index in [0.29, 0.717) is 38.3 Å². The van der Waals surface area contributed by atoms with E-state index in [2.05, 4.69) is 10.3 Å². The van der Waals surface area contributed by atoms with Crippen LogP contribution in [0.4, 0.5) is 5.69 Å². The third-order valence-electron chi connectivity index (χ3n) is 4.83. The molecular weight excluding hydrogens is 419 g/mol. The smallest absolute Gasteiger partial charge is 0.256 e. The van der Waals surface area contributed by atoms with Crippen molar-refractivity contribution in [3.05, 3.63) is 94.5 Å². The van der Waals surface area contributed by atoms with Gasteiger partial charge in [-0.05, 0) is 53.9 Å². The first-order chi connectivity index (χ1) is 14.6. The molecule has 0 aliphatic rings. The van der Waals surface area contributed by atoms with Crippen LogP contribution in [0.1, 0.15) is 10.4 Å². The van der Waals surface area contributed by atoms with E-state index >= 15 is 0 Å². The fourth-order valence-electron chi connectivity index (χ4n) is 3.42. The van der Waals surface area contributed by atoms with Crippen LogP contribution in [0.5, 0.6) is 0 Å². The van der Waals surface area contributed by atoms with Crippen molar-refractivity contribution >= 4 is 56.7 Å². The molecule has 1 heterocycles. The molecule has 5 rings (SSSR count). The first-order valence-corrected chi connectivity index (χ1v) is 9.99. The van der Waals surface area contributed by atoms with Crippen LogP contribution in [0.3, 0.4) is 0 Å². The topological polar surface area (TPSA) is 55.1 Å². The van der Waals surface area contributed by atoms with Crippen LogP contribution in [0.2, 0.25) is 10.0 Å². The molecular formula is C24H14Cl2N2O2. The zero-order valence-electron chi connectivity index (χ0n) is 15.5. The van der Waals surface area contributed by atoms with Crippen molar-refractivity contribution in [3.8, 4) is 11.5 Å². The summed E-state index contributed by atoms with van der Waals surface area (Å²) in [6.07, 6.45) is 0. The predicted molar refractivity (Wildman–Crippen MR) is 121 cm³/mol. The molecule has 0 fully saturated rings. The summed E-state index contributed by atoms with van der Waals surface area (Å²) in [4.78, 5) is 17.5. The van der Waals surface area contributed by atoms with Gasteiger partial charge in [-0.15, -0.1) is 0 Å². The van der Waals surface area contributed by atoms with E-state index in [0.717, 1.165) is 16.3 Å². The Labute approximate surface area is 182 Å². The minimum absolute atomic E-state index is 0.222. The molecule has 5 aromatic rings. The van der Waals surface area contributed by atoms with Crippen LogP contribution in [0, 0.1) is 0 Å². The van der Waals surface area contributed by atoms with Crippen molar-refractivity contribution in [2.45, 2.75) is 0 Å². The Bertz CT molecular complexity index is 1430. The molecule has 0 saturated heterocycles. The van der Waals surface area contributed by atoms with Crippen molar-refractivity contribution in [1.29, 1.82) is 0 Å². The van der Waals surface area contributed by atoms with Gasteiger partial charge >= 0.3 is 0 Å². The number of nitrogens with one attached hydrogen (secondary N) is 1. The number of benzene rings is 4. The summed E-state index contributed by atoms with van der Waals surface area (Å²) in [5, 5.41) is 5.79. The Morgan fingerprint density at radius 1 is 0.867 bits per heavy atom. The Morgan fingerprint density at radius 3 is 2.53 bits per heavy atom. The molecule has 0 atom stereocenters. The molecule has 0 bridgehead atoms. The number of halogens is 2. The average molecular weight is 433 g/mol. The number of aromatic nitrogens is 1. The number of hydrogen-bond donors (Lipinski definition) is 1. The first kappa shape index (κ1) is 18.7. The SMILES string of the molecule is O=C(Nc1ccc2oc(-c3cccc(Cl)c3)nc2c1)c1cccc2c(Cl)cccc12. The zero-order valence-corrected chi connectivity index (χ0v) is 17.0. The fraction of sp³-hybridized carbons (Fsp3) is 0. The van der Waals surface area contributed by atoms with Crippen molar-refractivity contribution in [3.63, 3.8) is 0 Å². The Balaban J connectivity index is 1.47. The molecule has 4 nitrogen and oxygen atoms in total. The number of anilines is 1. The van der Waals surface area contributed by atoms with E-state index in [4.69, 9.17) is 27.6 Å². The third-order valence-corrected chi connectivity index (χ3v) is 5.40. The normalized spacial score (nSPS) is 11.1. The summed E-state index contributed by atoms with van der Waals surface area (Å²) < 4.78 is 5.83. The van der Waals surface area contributed by atoms with Crippen molar-refractivity contribution in [2.75, 3.05) is 5.32 Å². The molecule has 4 aromatic carbocycles. The maximum absolute atomic E-state index is 12.9. The molecule has 1 N–H and O–H groups in total. The molecule has 6 heteroatoms. The van der Waals surface area contributed by atoms with Gasteiger partial charge in [-0.1, -0.05) is 53.5 Å². The van der Waals surface area contributed by atoms with E-state index < -0.39 is 0 Å². The van der Waals surface area contributed by atoms with Gasteiger partial charge in [0.1, 0.15) is 5.52 Å². The lowest BCUT2D eigenvalue weighted by atomic mass is 10.0. The van der Waals surface area contributed by atoms with E-state index in [9.17, 15) is 4.79 Å². The molecule has 30 heavy (non-hydrogen) atoms. The summed E-state index contributed by atoms with van der Waals surface area (Å²) in [6, 6.07) is 23.7. The zero-order chi connectivity index (χ0) is 20.7. The highest BCUT2D eigenvalue weighted by Crippen LogP contribution is 2.29.